The Morgan fingerprint density at radius 2 is 2.00 bits per heavy atom. The number of halogens is 1. The predicted molar refractivity (Wildman–Crippen MR) is 82.1 cm³/mol. The minimum Gasteiger partial charge on any atom is -0.488 e. The lowest BCUT2D eigenvalue weighted by Gasteiger charge is -2.33. The highest BCUT2D eigenvalue weighted by atomic mass is 19.1. The van der Waals surface area contributed by atoms with Crippen molar-refractivity contribution in [2.45, 2.75) is 31.9 Å². The summed E-state index contributed by atoms with van der Waals surface area (Å²) in [7, 11) is 1.94. The fourth-order valence-electron chi connectivity index (χ4n) is 3.02. The number of hydrogen-bond donors (Lipinski definition) is 1. The van der Waals surface area contributed by atoms with E-state index in [1.165, 1.54) is 17.2 Å². The van der Waals surface area contributed by atoms with Crippen LogP contribution in [0.1, 0.15) is 29.2 Å². The molecule has 0 amide bonds. The maximum Gasteiger partial charge on any atom is 0.129 e. The Bertz CT molecular complexity index is 641. The van der Waals surface area contributed by atoms with E-state index in [9.17, 15) is 4.39 Å². The summed E-state index contributed by atoms with van der Waals surface area (Å²) in [6.45, 7) is 1.76. The van der Waals surface area contributed by atoms with Crippen molar-refractivity contribution in [1.29, 1.82) is 0 Å². The summed E-state index contributed by atoms with van der Waals surface area (Å²) in [5.74, 6) is 0.382. The zero-order chi connectivity index (χ0) is 14.8. The molecule has 1 aliphatic rings. The van der Waals surface area contributed by atoms with Crippen molar-refractivity contribution in [2.75, 3.05) is 7.05 Å². The summed E-state index contributed by atoms with van der Waals surface area (Å²) >= 11 is 0. The van der Waals surface area contributed by atoms with Crippen LogP contribution in [0.4, 0.5) is 4.39 Å². The van der Waals surface area contributed by atoms with E-state index >= 15 is 0 Å². The van der Waals surface area contributed by atoms with Gasteiger partial charge in [0.25, 0.3) is 0 Å². The van der Waals surface area contributed by atoms with E-state index in [1.807, 2.05) is 13.1 Å². The molecule has 0 bridgehead atoms. The second kappa shape index (κ2) is 5.86. The normalized spacial score (nSPS) is 20.9. The zero-order valence-corrected chi connectivity index (χ0v) is 12.4. The third kappa shape index (κ3) is 2.79. The van der Waals surface area contributed by atoms with Gasteiger partial charge in [0.05, 0.1) is 6.04 Å². The van der Waals surface area contributed by atoms with E-state index in [-0.39, 0.29) is 18.0 Å². The summed E-state index contributed by atoms with van der Waals surface area (Å²) in [6, 6.07) is 13.6. The fraction of sp³-hybridized carbons (Fsp3) is 0.333. The van der Waals surface area contributed by atoms with Gasteiger partial charge in [-0.2, -0.15) is 0 Å². The summed E-state index contributed by atoms with van der Waals surface area (Å²) in [5.41, 5.74) is 3.29. The smallest absolute Gasteiger partial charge is 0.129 e. The first kappa shape index (κ1) is 14.1. The van der Waals surface area contributed by atoms with Gasteiger partial charge in [0, 0.05) is 6.07 Å². The maximum absolute atomic E-state index is 13.7. The van der Waals surface area contributed by atoms with E-state index in [0.717, 1.165) is 12.8 Å². The average Bonchev–Trinajstić information content (AvgIpc) is 2.51. The molecule has 0 spiro atoms. The van der Waals surface area contributed by atoms with Crippen molar-refractivity contribution < 1.29 is 9.13 Å². The number of rotatable bonds is 3. The molecule has 2 nitrogen and oxygen atoms in total. The molecule has 21 heavy (non-hydrogen) atoms. The van der Waals surface area contributed by atoms with E-state index in [4.69, 9.17) is 4.74 Å². The van der Waals surface area contributed by atoms with Crippen LogP contribution in [0.5, 0.6) is 5.75 Å². The molecule has 0 saturated heterocycles. The zero-order valence-electron chi connectivity index (χ0n) is 12.4. The Morgan fingerprint density at radius 3 is 2.76 bits per heavy atom. The lowest BCUT2D eigenvalue weighted by molar-refractivity contribution is 0.139. The van der Waals surface area contributed by atoms with Gasteiger partial charge in [-0.25, -0.2) is 4.39 Å². The quantitative estimate of drug-likeness (QED) is 0.926. The van der Waals surface area contributed by atoms with Gasteiger partial charge in [-0.05, 0) is 49.6 Å². The molecule has 3 heteroatoms. The molecule has 2 atom stereocenters. The predicted octanol–water partition coefficient (Wildman–Crippen LogP) is 3.79. The largest absolute Gasteiger partial charge is 0.488 e. The molecule has 1 aliphatic carbocycles. The number of benzene rings is 2. The van der Waals surface area contributed by atoms with Crippen LogP contribution in [-0.2, 0) is 6.42 Å². The average molecular weight is 285 g/mol. The SMILES string of the molecule is CNC1c2ccccc2CCC1Oc1ccc(C)c(F)c1. The van der Waals surface area contributed by atoms with Crippen molar-refractivity contribution in [3.8, 4) is 5.75 Å². The Balaban J connectivity index is 1.84. The lowest BCUT2D eigenvalue weighted by atomic mass is 9.85. The van der Waals surface area contributed by atoms with Crippen molar-refractivity contribution in [2.24, 2.45) is 0 Å². The Kier molecular flexibility index (Phi) is 3.93. The lowest BCUT2D eigenvalue weighted by Crippen LogP contribution is -2.37. The Labute approximate surface area is 125 Å². The van der Waals surface area contributed by atoms with Crippen LogP contribution >= 0.6 is 0 Å². The molecule has 3 rings (SSSR count). The minimum absolute atomic E-state index is 0.0204. The molecule has 0 fully saturated rings. The van der Waals surface area contributed by atoms with Gasteiger partial charge in [0.1, 0.15) is 17.7 Å². The summed E-state index contributed by atoms with van der Waals surface area (Å²) < 4.78 is 19.7. The second-order valence-corrected chi connectivity index (χ2v) is 5.57. The standard InChI is InChI=1S/C18H20FNO/c1-12-7-9-14(11-16(12)19)21-17-10-8-13-5-3-4-6-15(13)18(17)20-2/h3-7,9,11,17-18,20H,8,10H2,1-2H3. The van der Waals surface area contributed by atoms with E-state index in [1.54, 1.807) is 13.0 Å². The molecule has 0 heterocycles. The molecular formula is C18H20FNO. The highest BCUT2D eigenvalue weighted by Crippen LogP contribution is 2.32. The van der Waals surface area contributed by atoms with Crippen molar-refractivity contribution in [1.82, 2.24) is 5.32 Å². The van der Waals surface area contributed by atoms with Crippen molar-refractivity contribution in [3.05, 3.63) is 65.0 Å². The molecule has 0 radical (unpaired) electrons. The molecule has 1 N–H and O–H groups in total. The number of hydrogen-bond acceptors (Lipinski definition) is 2. The molecule has 0 saturated carbocycles. The Hall–Kier alpha value is -1.87. The number of fused-ring (bicyclic) bond motifs is 1. The molecule has 2 aromatic rings. The van der Waals surface area contributed by atoms with Crippen LogP contribution < -0.4 is 10.1 Å². The van der Waals surface area contributed by atoms with E-state index in [2.05, 4.69) is 29.6 Å². The Morgan fingerprint density at radius 1 is 1.19 bits per heavy atom. The van der Waals surface area contributed by atoms with E-state index < -0.39 is 0 Å². The fourth-order valence-corrected chi connectivity index (χ4v) is 3.02. The van der Waals surface area contributed by atoms with Crippen LogP contribution in [0, 0.1) is 12.7 Å². The topological polar surface area (TPSA) is 21.3 Å². The van der Waals surface area contributed by atoms with Crippen LogP contribution in [0.2, 0.25) is 0 Å². The monoisotopic (exact) mass is 285 g/mol. The number of ether oxygens (including phenoxy) is 1. The molecule has 110 valence electrons. The van der Waals surface area contributed by atoms with Crippen LogP contribution in [-0.4, -0.2) is 13.2 Å². The maximum atomic E-state index is 13.7. The van der Waals surface area contributed by atoms with Crippen LogP contribution in [0.25, 0.3) is 0 Å². The van der Waals surface area contributed by atoms with Gasteiger partial charge in [0.2, 0.25) is 0 Å². The van der Waals surface area contributed by atoms with Gasteiger partial charge in [-0.15, -0.1) is 0 Å². The van der Waals surface area contributed by atoms with Crippen molar-refractivity contribution >= 4 is 0 Å². The highest BCUT2D eigenvalue weighted by Gasteiger charge is 2.29. The van der Waals surface area contributed by atoms with Crippen LogP contribution in [0.15, 0.2) is 42.5 Å². The number of likely N-dealkylation sites (N-methyl/N-ethyl adjacent to an activating group) is 1. The molecular weight excluding hydrogens is 265 g/mol. The summed E-state index contributed by atoms with van der Waals surface area (Å²) in [4.78, 5) is 0. The highest BCUT2D eigenvalue weighted by molar-refractivity contribution is 5.34. The third-order valence-corrected chi connectivity index (χ3v) is 4.20. The van der Waals surface area contributed by atoms with Gasteiger partial charge in [-0.3, -0.25) is 0 Å². The summed E-state index contributed by atoms with van der Waals surface area (Å²) in [6.07, 6.45) is 1.94. The van der Waals surface area contributed by atoms with Crippen molar-refractivity contribution in [3.63, 3.8) is 0 Å². The first-order valence-electron chi connectivity index (χ1n) is 7.37. The van der Waals surface area contributed by atoms with Gasteiger partial charge in [0.15, 0.2) is 0 Å². The first-order chi connectivity index (χ1) is 10.2. The van der Waals surface area contributed by atoms with Gasteiger partial charge in [-0.1, -0.05) is 30.3 Å². The molecule has 2 unspecified atom stereocenters. The van der Waals surface area contributed by atoms with E-state index in [0.29, 0.717) is 11.3 Å². The third-order valence-electron chi connectivity index (χ3n) is 4.20. The van der Waals surface area contributed by atoms with Gasteiger partial charge >= 0.3 is 0 Å². The summed E-state index contributed by atoms with van der Waals surface area (Å²) in [5, 5.41) is 3.34. The van der Waals surface area contributed by atoms with Gasteiger partial charge < -0.3 is 10.1 Å². The molecule has 2 aromatic carbocycles. The molecule has 0 aromatic heterocycles. The number of aryl methyl sites for hydroxylation is 2. The van der Waals surface area contributed by atoms with Crippen LogP contribution in [0.3, 0.4) is 0 Å². The second-order valence-electron chi connectivity index (χ2n) is 5.57. The minimum atomic E-state index is -0.218. The molecule has 0 aliphatic heterocycles. The number of nitrogens with one attached hydrogen (secondary N) is 1. The first-order valence-corrected chi connectivity index (χ1v) is 7.37.